The monoisotopic (exact) mass is 182 g/mol. The molecule has 1 rings (SSSR count). The van der Waals surface area contributed by atoms with Gasteiger partial charge in [0, 0.05) is 0 Å². The molecule has 0 saturated heterocycles. The van der Waals surface area contributed by atoms with Gasteiger partial charge in [-0.2, -0.15) is 0 Å². The van der Waals surface area contributed by atoms with Crippen molar-refractivity contribution in [2.24, 2.45) is 0 Å². The highest BCUT2D eigenvalue weighted by Crippen LogP contribution is 2.19. The van der Waals surface area contributed by atoms with Gasteiger partial charge in [-0.25, -0.2) is 0 Å². The highest BCUT2D eigenvalue weighted by molar-refractivity contribution is 5.72. The van der Waals surface area contributed by atoms with E-state index < -0.39 is 0 Å². The Kier molecular flexibility index (Phi) is 4.58. The number of esters is 1. The van der Waals surface area contributed by atoms with Crippen LogP contribution in [-0.4, -0.2) is 12.6 Å². The summed E-state index contributed by atoms with van der Waals surface area (Å²) < 4.78 is 4.91. The molecule has 0 fully saturated rings. The maximum atomic E-state index is 11.2. The lowest BCUT2D eigenvalue weighted by molar-refractivity contribution is -0.142. The predicted molar refractivity (Wildman–Crippen MR) is 52.4 cm³/mol. The Morgan fingerprint density at radius 2 is 2.31 bits per heavy atom. The minimum absolute atomic E-state index is 0.0735. The van der Waals surface area contributed by atoms with Gasteiger partial charge in [0.2, 0.25) is 0 Å². The van der Waals surface area contributed by atoms with Crippen molar-refractivity contribution in [2.45, 2.75) is 45.4 Å². The standard InChI is InChI=1S/C11H18O2/c1-2-13-11(12)9-10-7-5-3-4-6-8-10/h7H,2-6,8-9H2,1H3. The summed E-state index contributed by atoms with van der Waals surface area (Å²) in [4.78, 5) is 11.2. The van der Waals surface area contributed by atoms with Gasteiger partial charge in [-0.1, -0.05) is 18.1 Å². The van der Waals surface area contributed by atoms with Gasteiger partial charge in [-0.3, -0.25) is 4.79 Å². The zero-order valence-electron chi connectivity index (χ0n) is 8.34. The smallest absolute Gasteiger partial charge is 0.309 e. The average molecular weight is 182 g/mol. The molecular formula is C11H18O2. The van der Waals surface area contributed by atoms with Crippen LogP contribution >= 0.6 is 0 Å². The third kappa shape index (κ3) is 4.11. The molecule has 0 bridgehead atoms. The molecule has 0 spiro atoms. The summed E-state index contributed by atoms with van der Waals surface area (Å²) in [5.74, 6) is -0.0735. The van der Waals surface area contributed by atoms with E-state index in [1.54, 1.807) is 0 Å². The first-order chi connectivity index (χ1) is 6.33. The Balaban J connectivity index is 2.33. The molecular weight excluding hydrogens is 164 g/mol. The van der Waals surface area contributed by atoms with Crippen LogP contribution in [0.25, 0.3) is 0 Å². The van der Waals surface area contributed by atoms with E-state index in [1.807, 2.05) is 6.92 Å². The molecule has 0 amide bonds. The van der Waals surface area contributed by atoms with Crippen LogP contribution in [0.2, 0.25) is 0 Å². The van der Waals surface area contributed by atoms with Crippen molar-refractivity contribution >= 4 is 5.97 Å². The Morgan fingerprint density at radius 1 is 1.46 bits per heavy atom. The van der Waals surface area contributed by atoms with Crippen molar-refractivity contribution in [3.63, 3.8) is 0 Å². The van der Waals surface area contributed by atoms with E-state index in [-0.39, 0.29) is 5.97 Å². The van der Waals surface area contributed by atoms with E-state index in [0.29, 0.717) is 13.0 Å². The van der Waals surface area contributed by atoms with Crippen LogP contribution in [-0.2, 0) is 9.53 Å². The lowest BCUT2D eigenvalue weighted by Gasteiger charge is -2.04. The van der Waals surface area contributed by atoms with Crippen LogP contribution in [0.4, 0.5) is 0 Å². The quantitative estimate of drug-likeness (QED) is 0.495. The van der Waals surface area contributed by atoms with Crippen molar-refractivity contribution in [3.05, 3.63) is 11.6 Å². The zero-order valence-corrected chi connectivity index (χ0v) is 8.34. The van der Waals surface area contributed by atoms with Crippen molar-refractivity contribution < 1.29 is 9.53 Å². The van der Waals surface area contributed by atoms with Gasteiger partial charge >= 0.3 is 5.97 Å². The third-order valence-corrected chi connectivity index (χ3v) is 2.31. The van der Waals surface area contributed by atoms with Gasteiger partial charge in [0.25, 0.3) is 0 Å². The van der Waals surface area contributed by atoms with E-state index in [0.717, 1.165) is 12.8 Å². The van der Waals surface area contributed by atoms with Gasteiger partial charge in [-0.15, -0.1) is 0 Å². The van der Waals surface area contributed by atoms with Crippen LogP contribution in [0, 0.1) is 0 Å². The number of hydrogen-bond acceptors (Lipinski definition) is 2. The lowest BCUT2D eigenvalue weighted by Crippen LogP contribution is -2.04. The molecule has 1 aliphatic carbocycles. The molecule has 0 atom stereocenters. The fourth-order valence-electron chi connectivity index (χ4n) is 1.64. The fourth-order valence-corrected chi connectivity index (χ4v) is 1.64. The molecule has 0 aromatic rings. The van der Waals surface area contributed by atoms with Crippen molar-refractivity contribution in [1.29, 1.82) is 0 Å². The van der Waals surface area contributed by atoms with Crippen LogP contribution in [0.15, 0.2) is 11.6 Å². The number of ether oxygens (including phenoxy) is 1. The molecule has 0 aromatic carbocycles. The van der Waals surface area contributed by atoms with Crippen LogP contribution in [0.3, 0.4) is 0 Å². The van der Waals surface area contributed by atoms with Gasteiger partial charge in [0.1, 0.15) is 0 Å². The SMILES string of the molecule is CCOC(=O)CC1=CCCCCC1. The molecule has 13 heavy (non-hydrogen) atoms. The van der Waals surface area contributed by atoms with Gasteiger partial charge in [0.05, 0.1) is 13.0 Å². The van der Waals surface area contributed by atoms with Gasteiger partial charge in [-0.05, 0) is 32.6 Å². The van der Waals surface area contributed by atoms with E-state index in [9.17, 15) is 4.79 Å². The number of carbonyl (C=O) groups is 1. The number of carbonyl (C=O) groups excluding carboxylic acids is 1. The molecule has 0 saturated carbocycles. The van der Waals surface area contributed by atoms with E-state index in [1.165, 1.54) is 24.8 Å². The number of rotatable bonds is 3. The maximum absolute atomic E-state index is 11.2. The first-order valence-corrected chi connectivity index (χ1v) is 5.16. The molecule has 1 aliphatic rings. The summed E-state index contributed by atoms with van der Waals surface area (Å²) in [7, 11) is 0. The number of hydrogen-bond donors (Lipinski definition) is 0. The summed E-state index contributed by atoms with van der Waals surface area (Å²) in [5, 5.41) is 0. The van der Waals surface area contributed by atoms with Crippen LogP contribution < -0.4 is 0 Å². The van der Waals surface area contributed by atoms with Crippen molar-refractivity contribution in [3.8, 4) is 0 Å². The first-order valence-electron chi connectivity index (χ1n) is 5.16. The van der Waals surface area contributed by atoms with E-state index >= 15 is 0 Å². The van der Waals surface area contributed by atoms with Gasteiger partial charge in [0.15, 0.2) is 0 Å². The molecule has 0 heterocycles. The second-order valence-electron chi connectivity index (χ2n) is 3.44. The molecule has 0 aliphatic heterocycles. The lowest BCUT2D eigenvalue weighted by atomic mass is 10.1. The first kappa shape index (κ1) is 10.3. The van der Waals surface area contributed by atoms with Gasteiger partial charge < -0.3 is 4.74 Å². The summed E-state index contributed by atoms with van der Waals surface area (Å²) in [6.45, 7) is 2.34. The molecule has 0 unspecified atom stereocenters. The van der Waals surface area contributed by atoms with Crippen molar-refractivity contribution in [1.82, 2.24) is 0 Å². The summed E-state index contributed by atoms with van der Waals surface area (Å²) in [6.07, 6.45) is 8.73. The summed E-state index contributed by atoms with van der Waals surface area (Å²) in [6, 6.07) is 0. The zero-order chi connectivity index (χ0) is 9.52. The normalized spacial score (nSPS) is 17.5. The average Bonchev–Trinajstić information content (AvgIpc) is 2.33. The molecule has 2 nitrogen and oxygen atoms in total. The molecule has 2 heteroatoms. The van der Waals surface area contributed by atoms with Crippen LogP contribution in [0.1, 0.15) is 45.4 Å². The van der Waals surface area contributed by atoms with E-state index in [2.05, 4.69) is 6.08 Å². The Bertz CT molecular complexity index is 194. The molecule has 0 N–H and O–H groups in total. The fraction of sp³-hybridized carbons (Fsp3) is 0.727. The van der Waals surface area contributed by atoms with Crippen LogP contribution in [0.5, 0.6) is 0 Å². The third-order valence-electron chi connectivity index (χ3n) is 2.31. The highest BCUT2D eigenvalue weighted by Gasteiger charge is 2.08. The van der Waals surface area contributed by atoms with Crippen molar-refractivity contribution in [2.75, 3.05) is 6.61 Å². The summed E-state index contributed by atoms with van der Waals surface area (Å²) >= 11 is 0. The molecule has 0 aromatic heterocycles. The Hall–Kier alpha value is -0.790. The predicted octanol–water partition coefficient (Wildman–Crippen LogP) is 2.83. The highest BCUT2D eigenvalue weighted by atomic mass is 16.5. The second kappa shape index (κ2) is 5.79. The number of allylic oxidation sites excluding steroid dienone is 1. The topological polar surface area (TPSA) is 26.3 Å². The minimum atomic E-state index is -0.0735. The molecule has 74 valence electrons. The molecule has 0 radical (unpaired) electrons. The Morgan fingerprint density at radius 3 is 3.08 bits per heavy atom. The summed E-state index contributed by atoms with van der Waals surface area (Å²) in [5.41, 5.74) is 1.27. The minimum Gasteiger partial charge on any atom is -0.466 e. The van der Waals surface area contributed by atoms with E-state index in [4.69, 9.17) is 4.74 Å². The Labute approximate surface area is 80.0 Å². The maximum Gasteiger partial charge on any atom is 0.309 e. The second-order valence-corrected chi connectivity index (χ2v) is 3.44. The largest absolute Gasteiger partial charge is 0.466 e.